The van der Waals surface area contributed by atoms with Crippen molar-refractivity contribution in [3.05, 3.63) is 35.4 Å². The topological polar surface area (TPSA) is 111 Å². The Morgan fingerprint density at radius 1 is 1.20 bits per heavy atom. The number of nitrogens with one attached hydrogen (secondary N) is 2. The quantitative estimate of drug-likeness (QED) is 0.302. The first-order valence-corrected chi connectivity index (χ1v) is 9.68. The van der Waals surface area contributed by atoms with Crippen LogP contribution in [0.5, 0.6) is 0 Å². The minimum Gasteiger partial charge on any atom is -0.388 e. The second-order valence-electron chi connectivity index (χ2n) is 7.97. The van der Waals surface area contributed by atoms with E-state index in [1.54, 1.807) is 24.3 Å². The fraction of sp³-hybridized carbons (Fsp3) is 0.455. The second kappa shape index (κ2) is 9.29. The van der Waals surface area contributed by atoms with Gasteiger partial charge >= 0.3 is 0 Å². The zero-order chi connectivity index (χ0) is 21.7. The summed E-state index contributed by atoms with van der Waals surface area (Å²) in [6.45, 7) is 6.28. The molecule has 2 fully saturated rings. The van der Waals surface area contributed by atoms with Crippen molar-refractivity contribution in [2.75, 3.05) is 26.3 Å². The van der Waals surface area contributed by atoms with Gasteiger partial charge in [0.15, 0.2) is 0 Å². The molecule has 8 nitrogen and oxygen atoms in total. The molecule has 2 saturated heterocycles. The number of hydroxylamine groups is 1. The Kier molecular flexibility index (Phi) is 6.76. The Bertz CT molecular complexity index is 905. The van der Waals surface area contributed by atoms with Gasteiger partial charge in [0.05, 0.1) is 24.9 Å². The lowest BCUT2D eigenvalue weighted by atomic mass is 9.97. The molecular formula is C22H25N3O5. The Morgan fingerprint density at radius 2 is 1.87 bits per heavy atom. The summed E-state index contributed by atoms with van der Waals surface area (Å²) in [5, 5.41) is 21.2. The van der Waals surface area contributed by atoms with Crippen molar-refractivity contribution < 1.29 is 24.6 Å². The van der Waals surface area contributed by atoms with Gasteiger partial charge in [-0.25, -0.2) is 5.48 Å². The van der Waals surface area contributed by atoms with Crippen LogP contribution in [0.1, 0.15) is 29.8 Å². The van der Waals surface area contributed by atoms with E-state index in [0.717, 1.165) is 26.3 Å². The number of carbonyl (C=O) groups is 2. The van der Waals surface area contributed by atoms with E-state index in [0.29, 0.717) is 23.1 Å². The average molecular weight is 411 g/mol. The van der Waals surface area contributed by atoms with Crippen molar-refractivity contribution >= 4 is 11.8 Å². The van der Waals surface area contributed by atoms with Crippen LogP contribution in [0.2, 0.25) is 0 Å². The molecule has 2 amide bonds. The maximum absolute atomic E-state index is 12.4. The summed E-state index contributed by atoms with van der Waals surface area (Å²) in [6, 6.07) is 5.73. The van der Waals surface area contributed by atoms with Crippen molar-refractivity contribution in [2.45, 2.75) is 31.5 Å². The van der Waals surface area contributed by atoms with Crippen LogP contribution in [-0.2, 0) is 9.53 Å². The van der Waals surface area contributed by atoms with E-state index in [2.05, 4.69) is 33.9 Å². The van der Waals surface area contributed by atoms with E-state index in [-0.39, 0.29) is 0 Å². The maximum atomic E-state index is 12.4. The molecule has 1 atom stereocenters. The summed E-state index contributed by atoms with van der Waals surface area (Å²) in [7, 11) is 0. The van der Waals surface area contributed by atoms with Crippen LogP contribution in [0.3, 0.4) is 0 Å². The third-order valence-corrected chi connectivity index (χ3v) is 5.09. The lowest BCUT2D eigenvalue weighted by Gasteiger charge is -2.45. The molecule has 0 radical (unpaired) electrons. The van der Waals surface area contributed by atoms with Crippen LogP contribution in [0, 0.1) is 29.6 Å². The summed E-state index contributed by atoms with van der Waals surface area (Å²) in [4.78, 5) is 26.4. The van der Waals surface area contributed by atoms with Crippen molar-refractivity contribution in [3.63, 3.8) is 0 Å². The zero-order valence-electron chi connectivity index (χ0n) is 16.9. The van der Waals surface area contributed by atoms with E-state index in [4.69, 9.17) is 9.94 Å². The van der Waals surface area contributed by atoms with Crippen molar-refractivity contribution in [2.24, 2.45) is 5.92 Å². The van der Waals surface area contributed by atoms with Gasteiger partial charge in [0.25, 0.3) is 11.8 Å². The third kappa shape index (κ3) is 5.38. The lowest BCUT2D eigenvalue weighted by molar-refractivity contribution is -0.136. The normalized spacial score (nSPS) is 17.9. The van der Waals surface area contributed by atoms with E-state index < -0.39 is 23.5 Å². The molecule has 0 aliphatic carbocycles. The summed E-state index contributed by atoms with van der Waals surface area (Å²) in [5.74, 6) is 10.7. The molecule has 8 heteroatoms. The monoisotopic (exact) mass is 411 g/mol. The van der Waals surface area contributed by atoms with E-state index in [1.807, 2.05) is 0 Å². The molecule has 0 saturated carbocycles. The van der Waals surface area contributed by atoms with Crippen LogP contribution in [-0.4, -0.2) is 71.0 Å². The van der Waals surface area contributed by atoms with Crippen LogP contribution in [0.25, 0.3) is 0 Å². The molecule has 1 aromatic rings. The number of benzene rings is 1. The summed E-state index contributed by atoms with van der Waals surface area (Å²) >= 11 is 0. The van der Waals surface area contributed by atoms with Crippen molar-refractivity contribution in [1.29, 1.82) is 0 Å². The number of nitrogens with zero attached hydrogens (tertiary/aromatic N) is 1. The summed E-state index contributed by atoms with van der Waals surface area (Å²) in [5.41, 5.74) is 0.880. The molecule has 0 unspecified atom stereocenters. The average Bonchev–Trinajstić information content (AvgIpc) is 2.64. The lowest BCUT2D eigenvalue weighted by Crippen LogP contribution is -2.58. The van der Waals surface area contributed by atoms with Crippen molar-refractivity contribution in [3.8, 4) is 23.7 Å². The SMILES string of the molecule is CC(C)(O)[C@H](NC(=O)c1ccc(C#CC#CC2CN(C3COC3)C2)cc1)C(=O)NO. The first-order chi connectivity index (χ1) is 14.3. The summed E-state index contributed by atoms with van der Waals surface area (Å²) < 4.78 is 5.18. The highest BCUT2D eigenvalue weighted by atomic mass is 16.5. The number of ether oxygens (including phenoxy) is 1. The first kappa shape index (κ1) is 21.8. The van der Waals surface area contributed by atoms with Crippen LogP contribution in [0.15, 0.2) is 24.3 Å². The Labute approximate surface area is 175 Å². The van der Waals surface area contributed by atoms with Gasteiger partial charge < -0.3 is 15.2 Å². The fourth-order valence-electron chi connectivity index (χ4n) is 3.12. The van der Waals surface area contributed by atoms with Gasteiger partial charge in [-0.3, -0.25) is 19.7 Å². The molecule has 2 aliphatic rings. The van der Waals surface area contributed by atoms with Gasteiger partial charge in [-0.15, -0.1) is 0 Å². The molecule has 30 heavy (non-hydrogen) atoms. The minimum atomic E-state index is -1.56. The number of amides is 2. The first-order valence-electron chi connectivity index (χ1n) is 9.68. The molecule has 0 bridgehead atoms. The molecule has 3 rings (SSSR count). The van der Waals surface area contributed by atoms with Crippen LogP contribution >= 0.6 is 0 Å². The standard InChI is InChI=1S/C22H25N3O5/c1-22(2,28)19(21(27)24-29)23-20(26)17-9-7-15(8-10-17)5-3-4-6-16-11-25(12-16)18-13-30-14-18/h7-10,16,18-19,28-29H,11-14H2,1-2H3,(H,23,26)(H,24,27)/t19-/m1/s1. The van der Waals surface area contributed by atoms with E-state index >= 15 is 0 Å². The van der Waals surface area contributed by atoms with Gasteiger partial charge in [-0.1, -0.05) is 11.8 Å². The molecule has 4 N–H and O–H groups in total. The van der Waals surface area contributed by atoms with Gasteiger partial charge in [-0.05, 0) is 50.0 Å². The van der Waals surface area contributed by atoms with Gasteiger partial charge in [0, 0.05) is 30.1 Å². The smallest absolute Gasteiger partial charge is 0.268 e. The predicted octanol–water partition coefficient (Wildman–Crippen LogP) is -0.253. The van der Waals surface area contributed by atoms with E-state index in [9.17, 15) is 14.7 Å². The highest BCUT2D eigenvalue weighted by molar-refractivity contribution is 5.97. The Balaban J connectivity index is 1.53. The zero-order valence-corrected chi connectivity index (χ0v) is 16.9. The van der Waals surface area contributed by atoms with Gasteiger partial charge in [0.2, 0.25) is 0 Å². The molecule has 158 valence electrons. The largest absolute Gasteiger partial charge is 0.388 e. The molecule has 1 aromatic carbocycles. The molecular weight excluding hydrogens is 386 g/mol. The highest BCUT2D eigenvalue weighted by Gasteiger charge is 2.35. The number of aliphatic hydroxyl groups is 1. The maximum Gasteiger partial charge on any atom is 0.268 e. The highest BCUT2D eigenvalue weighted by Crippen LogP contribution is 2.21. The number of likely N-dealkylation sites (tertiary alicyclic amines) is 1. The molecule has 2 heterocycles. The fourth-order valence-corrected chi connectivity index (χ4v) is 3.12. The summed E-state index contributed by atoms with van der Waals surface area (Å²) in [6.07, 6.45) is 0. The minimum absolute atomic E-state index is 0.293. The molecule has 0 spiro atoms. The number of rotatable bonds is 5. The second-order valence-corrected chi connectivity index (χ2v) is 7.97. The Hall–Kier alpha value is -2.88. The van der Waals surface area contributed by atoms with Crippen LogP contribution in [0.4, 0.5) is 0 Å². The number of hydrogen-bond acceptors (Lipinski definition) is 6. The molecule has 2 aliphatic heterocycles. The van der Waals surface area contributed by atoms with Gasteiger partial charge in [0.1, 0.15) is 6.04 Å². The van der Waals surface area contributed by atoms with Crippen LogP contribution < -0.4 is 10.8 Å². The van der Waals surface area contributed by atoms with Crippen molar-refractivity contribution in [1.82, 2.24) is 15.7 Å². The Morgan fingerprint density at radius 3 is 2.40 bits per heavy atom. The molecule has 0 aromatic heterocycles. The number of hydrogen-bond donors (Lipinski definition) is 4. The number of carbonyl (C=O) groups excluding carboxylic acids is 2. The third-order valence-electron chi connectivity index (χ3n) is 5.09. The predicted molar refractivity (Wildman–Crippen MR) is 108 cm³/mol. The van der Waals surface area contributed by atoms with E-state index in [1.165, 1.54) is 19.3 Å². The van der Waals surface area contributed by atoms with Gasteiger partial charge in [-0.2, -0.15) is 0 Å².